The lowest BCUT2D eigenvalue weighted by Gasteiger charge is -2.16. The molecular weight excluding hydrogens is 350 g/mol. The first-order valence-electron chi connectivity index (χ1n) is 9.16. The SMILES string of the molecule is Oc1ccc(/C=N/n2c(C3CC3)csc2=NC2CCCCC2)c(O)c1O. The number of phenolic OH excluding ortho intramolecular Hbond substituents is 3. The average molecular weight is 373 g/mol. The van der Waals surface area contributed by atoms with Gasteiger partial charge in [0, 0.05) is 16.9 Å². The summed E-state index contributed by atoms with van der Waals surface area (Å²) in [6.45, 7) is 0. The van der Waals surface area contributed by atoms with Crippen LogP contribution in [0.5, 0.6) is 17.2 Å². The van der Waals surface area contributed by atoms with Gasteiger partial charge in [-0.25, -0.2) is 4.68 Å². The van der Waals surface area contributed by atoms with E-state index in [1.165, 1.54) is 50.5 Å². The van der Waals surface area contributed by atoms with E-state index in [4.69, 9.17) is 4.99 Å². The standard InChI is InChI=1S/C19H23N3O3S/c23-16-9-8-13(17(24)18(16)25)10-20-22-15(12-6-7-12)11-26-19(22)21-14-4-2-1-3-5-14/h8-12,14,23-25H,1-7H2/b20-10+,21-19?. The van der Waals surface area contributed by atoms with E-state index in [1.807, 2.05) is 4.68 Å². The summed E-state index contributed by atoms with van der Waals surface area (Å²) in [6.07, 6.45) is 9.87. The Morgan fingerprint density at radius 1 is 1.00 bits per heavy atom. The third kappa shape index (κ3) is 3.49. The first-order chi connectivity index (χ1) is 12.6. The van der Waals surface area contributed by atoms with Crippen LogP contribution in [-0.4, -0.2) is 32.3 Å². The minimum Gasteiger partial charge on any atom is -0.504 e. The molecule has 7 heteroatoms. The number of aromatic nitrogens is 1. The number of benzene rings is 1. The van der Waals surface area contributed by atoms with E-state index in [-0.39, 0.29) is 11.5 Å². The summed E-state index contributed by atoms with van der Waals surface area (Å²) in [5.41, 5.74) is 1.51. The van der Waals surface area contributed by atoms with Crippen LogP contribution < -0.4 is 4.80 Å². The Kier molecular flexibility index (Phi) is 4.72. The first kappa shape index (κ1) is 17.1. The molecule has 0 atom stereocenters. The van der Waals surface area contributed by atoms with E-state index in [1.54, 1.807) is 11.3 Å². The highest BCUT2D eigenvalue weighted by Crippen LogP contribution is 2.40. The van der Waals surface area contributed by atoms with Gasteiger partial charge in [0.25, 0.3) is 0 Å². The molecule has 4 rings (SSSR count). The van der Waals surface area contributed by atoms with E-state index in [2.05, 4.69) is 10.5 Å². The normalized spacial score (nSPS) is 19.5. The summed E-state index contributed by atoms with van der Waals surface area (Å²) in [6, 6.07) is 3.22. The highest BCUT2D eigenvalue weighted by Gasteiger charge is 2.28. The maximum Gasteiger partial charge on any atom is 0.206 e. The predicted octanol–water partition coefficient (Wildman–Crippen LogP) is 3.66. The summed E-state index contributed by atoms with van der Waals surface area (Å²) >= 11 is 1.61. The van der Waals surface area contributed by atoms with Crippen LogP contribution in [-0.2, 0) is 0 Å². The van der Waals surface area contributed by atoms with Crippen molar-refractivity contribution in [2.24, 2.45) is 10.1 Å². The molecule has 6 nitrogen and oxygen atoms in total. The molecule has 0 amide bonds. The topological polar surface area (TPSA) is 90.3 Å². The van der Waals surface area contributed by atoms with Crippen molar-refractivity contribution in [2.45, 2.75) is 56.9 Å². The van der Waals surface area contributed by atoms with E-state index >= 15 is 0 Å². The largest absolute Gasteiger partial charge is 0.504 e. The van der Waals surface area contributed by atoms with Gasteiger partial charge in [-0.2, -0.15) is 5.10 Å². The molecule has 2 aliphatic rings. The highest BCUT2D eigenvalue weighted by atomic mass is 32.1. The lowest BCUT2D eigenvalue weighted by Crippen LogP contribution is -2.19. The summed E-state index contributed by atoms with van der Waals surface area (Å²) < 4.78 is 1.88. The Hall–Kier alpha value is -2.28. The quantitative estimate of drug-likeness (QED) is 0.564. The fraction of sp³-hybridized carbons (Fsp3) is 0.474. The molecule has 2 saturated carbocycles. The molecule has 2 aliphatic carbocycles. The van der Waals surface area contributed by atoms with Gasteiger partial charge in [0.15, 0.2) is 11.5 Å². The first-order valence-corrected chi connectivity index (χ1v) is 10.0. The maximum absolute atomic E-state index is 10.00. The minimum atomic E-state index is -0.529. The van der Waals surface area contributed by atoms with Gasteiger partial charge in [0.05, 0.1) is 18.0 Å². The third-order valence-electron chi connectivity index (χ3n) is 5.05. The van der Waals surface area contributed by atoms with Crippen molar-refractivity contribution in [3.05, 3.63) is 33.6 Å². The van der Waals surface area contributed by atoms with Crippen molar-refractivity contribution in [2.75, 3.05) is 0 Å². The van der Waals surface area contributed by atoms with Gasteiger partial charge >= 0.3 is 0 Å². The van der Waals surface area contributed by atoms with Gasteiger partial charge < -0.3 is 15.3 Å². The summed E-state index contributed by atoms with van der Waals surface area (Å²) in [5.74, 6) is -0.725. The van der Waals surface area contributed by atoms with E-state index < -0.39 is 5.75 Å². The summed E-state index contributed by atoms with van der Waals surface area (Å²) in [4.78, 5) is 5.82. The number of aromatic hydroxyl groups is 3. The van der Waals surface area contributed by atoms with Gasteiger partial charge in [-0.3, -0.25) is 4.99 Å². The Morgan fingerprint density at radius 3 is 2.50 bits per heavy atom. The molecule has 0 spiro atoms. The number of hydrogen-bond donors (Lipinski definition) is 3. The van der Waals surface area contributed by atoms with Crippen LogP contribution in [0.4, 0.5) is 0 Å². The van der Waals surface area contributed by atoms with Crippen molar-refractivity contribution in [1.29, 1.82) is 0 Å². The van der Waals surface area contributed by atoms with Gasteiger partial charge in [0.1, 0.15) is 0 Å². The average Bonchev–Trinajstić information content (AvgIpc) is 3.42. The van der Waals surface area contributed by atoms with Crippen molar-refractivity contribution < 1.29 is 15.3 Å². The van der Waals surface area contributed by atoms with Crippen molar-refractivity contribution >= 4 is 17.6 Å². The van der Waals surface area contributed by atoms with E-state index in [0.29, 0.717) is 17.5 Å². The monoisotopic (exact) mass is 373 g/mol. The van der Waals surface area contributed by atoms with Crippen LogP contribution in [0.15, 0.2) is 27.6 Å². The fourth-order valence-corrected chi connectivity index (χ4v) is 4.33. The number of hydrogen-bond acceptors (Lipinski definition) is 6. The maximum atomic E-state index is 10.00. The highest BCUT2D eigenvalue weighted by molar-refractivity contribution is 7.07. The second kappa shape index (κ2) is 7.15. The molecule has 0 radical (unpaired) electrons. The smallest absolute Gasteiger partial charge is 0.206 e. The molecule has 2 aromatic rings. The van der Waals surface area contributed by atoms with Crippen LogP contribution >= 0.6 is 11.3 Å². The molecule has 0 aliphatic heterocycles. The van der Waals surface area contributed by atoms with Crippen LogP contribution in [0.3, 0.4) is 0 Å². The molecule has 1 aromatic heterocycles. The predicted molar refractivity (Wildman–Crippen MR) is 101 cm³/mol. The van der Waals surface area contributed by atoms with Crippen LogP contribution in [0.1, 0.15) is 62.1 Å². The van der Waals surface area contributed by atoms with Crippen molar-refractivity contribution in [3.8, 4) is 17.2 Å². The molecule has 1 aromatic carbocycles. The van der Waals surface area contributed by atoms with Gasteiger partial charge in [-0.15, -0.1) is 11.3 Å². The Labute approximate surface area is 155 Å². The molecule has 138 valence electrons. The Morgan fingerprint density at radius 2 is 1.77 bits per heavy atom. The molecule has 0 unspecified atom stereocenters. The molecule has 1 heterocycles. The molecule has 3 N–H and O–H groups in total. The number of nitrogens with zero attached hydrogens (tertiary/aromatic N) is 3. The van der Waals surface area contributed by atoms with E-state index in [9.17, 15) is 15.3 Å². The lowest BCUT2D eigenvalue weighted by atomic mass is 9.96. The zero-order valence-electron chi connectivity index (χ0n) is 14.5. The molecule has 2 fully saturated rings. The van der Waals surface area contributed by atoms with Gasteiger partial charge in [-0.1, -0.05) is 19.3 Å². The number of rotatable bonds is 4. The second-order valence-corrected chi connectivity index (χ2v) is 7.90. The zero-order chi connectivity index (χ0) is 18.1. The summed E-state index contributed by atoms with van der Waals surface area (Å²) in [7, 11) is 0. The minimum absolute atomic E-state index is 0.351. The van der Waals surface area contributed by atoms with Gasteiger partial charge in [-0.05, 0) is 37.8 Å². The Balaban J connectivity index is 1.69. The fourth-order valence-electron chi connectivity index (χ4n) is 3.35. The third-order valence-corrected chi connectivity index (χ3v) is 5.90. The number of phenols is 3. The van der Waals surface area contributed by atoms with Crippen LogP contribution in [0.2, 0.25) is 0 Å². The molecular formula is C19H23N3O3S. The molecule has 0 saturated heterocycles. The molecule has 0 bridgehead atoms. The van der Waals surface area contributed by atoms with Gasteiger partial charge in [0.2, 0.25) is 10.6 Å². The van der Waals surface area contributed by atoms with Crippen molar-refractivity contribution in [3.63, 3.8) is 0 Å². The zero-order valence-corrected chi connectivity index (χ0v) is 15.3. The van der Waals surface area contributed by atoms with E-state index in [0.717, 1.165) is 23.3 Å². The second-order valence-electron chi connectivity index (χ2n) is 7.07. The summed E-state index contributed by atoms with van der Waals surface area (Å²) in [5, 5.41) is 35.8. The van der Waals surface area contributed by atoms with Crippen molar-refractivity contribution in [1.82, 2.24) is 4.68 Å². The van der Waals surface area contributed by atoms with Crippen LogP contribution in [0.25, 0.3) is 0 Å². The van der Waals surface area contributed by atoms with Crippen LogP contribution in [0, 0.1) is 0 Å². The lowest BCUT2D eigenvalue weighted by molar-refractivity contribution is 0.367. The molecule has 26 heavy (non-hydrogen) atoms. The number of thiazole rings is 1. The Bertz CT molecular complexity index is 890.